The van der Waals surface area contributed by atoms with Gasteiger partial charge in [-0.2, -0.15) is 4.31 Å². The Hall–Kier alpha value is -2.71. The molecular formula is C22H27N3O4S. The van der Waals surface area contributed by atoms with Crippen molar-refractivity contribution in [1.29, 1.82) is 0 Å². The summed E-state index contributed by atoms with van der Waals surface area (Å²) in [6.07, 6.45) is 2.49. The van der Waals surface area contributed by atoms with Gasteiger partial charge in [0.2, 0.25) is 10.0 Å². The Morgan fingerprint density at radius 1 is 1.00 bits per heavy atom. The molecule has 30 heavy (non-hydrogen) atoms. The third-order valence-corrected chi connectivity index (χ3v) is 7.01. The summed E-state index contributed by atoms with van der Waals surface area (Å²) < 4.78 is 27.2. The SMILES string of the molecule is CCCNC(=O)c1ccccc1NC(=O)c1cc(S(=O)(=O)N2CCCC2)ccc1C. The number of anilines is 1. The van der Waals surface area contributed by atoms with E-state index in [0.717, 1.165) is 19.3 Å². The predicted octanol–water partition coefficient (Wildman–Crippen LogP) is 3.17. The van der Waals surface area contributed by atoms with Gasteiger partial charge in [0.15, 0.2) is 0 Å². The molecule has 2 aromatic carbocycles. The number of amides is 2. The number of benzene rings is 2. The van der Waals surface area contributed by atoms with E-state index in [9.17, 15) is 18.0 Å². The Kier molecular flexibility index (Phi) is 6.89. The van der Waals surface area contributed by atoms with E-state index in [2.05, 4.69) is 10.6 Å². The van der Waals surface area contributed by atoms with E-state index in [1.807, 2.05) is 6.92 Å². The molecule has 1 saturated heterocycles. The molecule has 2 aromatic rings. The summed E-state index contributed by atoms with van der Waals surface area (Å²) in [6, 6.07) is 11.3. The number of rotatable bonds is 7. The number of carbonyl (C=O) groups excluding carboxylic acids is 2. The fourth-order valence-electron chi connectivity index (χ4n) is 3.40. The summed E-state index contributed by atoms with van der Waals surface area (Å²) in [7, 11) is -3.63. The average molecular weight is 430 g/mol. The molecule has 1 aliphatic rings. The van der Waals surface area contributed by atoms with Gasteiger partial charge in [-0.3, -0.25) is 9.59 Å². The quantitative estimate of drug-likeness (QED) is 0.707. The van der Waals surface area contributed by atoms with Crippen molar-refractivity contribution in [2.75, 3.05) is 25.0 Å². The van der Waals surface area contributed by atoms with Crippen LogP contribution in [-0.2, 0) is 10.0 Å². The number of hydrogen-bond acceptors (Lipinski definition) is 4. The lowest BCUT2D eigenvalue weighted by molar-refractivity contribution is 0.0954. The fourth-order valence-corrected chi connectivity index (χ4v) is 4.94. The normalized spacial score (nSPS) is 14.5. The monoisotopic (exact) mass is 429 g/mol. The third kappa shape index (κ3) is 4.71. The number of sulfonamides is 1. The molecule has 0 aromatic heterocycles. The lowest BCUT2D eigenvalue weighted by atomic mass is 10.1. The Labute approximate surface area is 177 Å². The molecule has 1 fully saturated rings. The molecule has 1 aliphatic heterocycles. The Morgan fingerprint density at radius 3 is 2.40 bits per heavy atom. The van der Waals surface area contributed by atoms with Crippen LogP contribution < -0.4 is 10.6 Å². The number of aryl methyl sites for hydroxylation is 1. The van der Waals surface area contributed by atoms with Crippen LogP contribution in [0.25, 0.3) is 0 Å². The predicted molar refractivity (Wildman–Crippen MR) is 116 cm³/mol. The zero-order valence-corrected chi connectivity index (χ0v) is 18.1. The van der Waals surface area contributed by atoms with Crippen LogP contribution in [-0.4, -0.2) is 44.2 Å². The molecule has 0 aliphatic carbocycles. The third-order valence-electron chi connectivity index (χ3n) is 5.11. The molecule has 3 rings (SSSR count). The lowest BCUT2D eigenvalue weighted by Crippen LogP contribution is -2.28. The molecule has 2 N–H and O–H groups in total. The molecule has 0 atom stereocenters. The van der Waals surface area contributed by atoms with Crippen molar-refractivity contribution in [2.24, 2.45) is 0 Å². The first-order valence-electron chi connectivity index (χ1n) is 10.1. The van der Waals surface area contributed by atoms with Gasteiger partial charge in [-0.25, -0.2) is 8.42 Å². The molecule has 0 unspecified atom stereocenters. The van der Waals surface area contributed by atoms with Gasteiger partial charge >= 0.3 is 0 Å². The average Bonchev–Trinajstić information content (AvgIpc) is 3.28. The summed E-state index contributed by atoms with van der Waals surface area (Å²) in [5.74, 6) is -0.725. The second-order valence-corrected chi connectivity index (χ2v) is 9.28. The maximum Gasteiger partial charge on any atom is 0.255 e. The number of para-hydroxylation sites is 1. The Balaban J connectivity index is 1.87. The highest BCUT2D eigenvalue weighted by Gasteiger charge is 2.28. The van der Waals surface area contributed by atoms with E-state index in [-0.39, 0.29) is 16.4 Å². The summed E-state index contributed by atoms with van der Waals surface area (Å²) in [6.45, 7) is 5.24. The van der Waals surface area contributed by atoms with Gasteiger partial charge in [0.25, 0.3) is 11.8 Å². The molecular weight excluding hydrogens is 402 g/mol. The first kappa shape index (κ1) is 22.0. The highest BCUT2D eigenvalue weighted by atomic mass is 32.2. The smallest absolute Gasteiger partial charge is 0.255 e. The zero-order chi connectivity index (χ0) is 21.7. The van der Waals surface area contributed by atoms with Crippen LogP contribution in [0.15, 0.2) is 47.4 Å². The topological polar surface area (TPSA) is 95.6 Å². The van der Waals surface area contributed by atoms with Gasteiger partial charge in [-0.05, 0) is 56.0 Å². The van der Waals surface area contributed by atoms with Crippen molar-refractivity contribution in [3.05, 3.63) is 59.2 Å². The fraction of sp³-hybridized carbons (Fsp3) is 0.364. The Bertz CT molecular complexity index is 1040. The van der Waals surface area contributed by atoms with Crippen LogP contribution in [0.5, 0.6) is 0 Å². The lowest BCUT2D eigenvalue weighted by Gasteiger charge is -2.17. The number of nitrogens with zero attached hydrogens (tertiary/aromatic N) is 1. The minimum atomic E-state index is -3.63. The highest BCUT2D eigenvalue weighted by molar-refractivity contribution is 7.89. The van der Waals surface area contributed by atoms with E-state index in [4.69, 9.17) is 0 Å². The first-order chi connectivity index (χ1) is 14.3. The largest absolute Gasteiger partial charge is 0.352 e. The molecule has 0 spiro atoms. The van der Waals surface area contributed by atoms with Crippen LogP contribution in [0.1, 0.15) is 52.5 Å². The van der Waals surface area contributed by atoms with Gasteiger partial charge < -0.3 is 10.6 Å². The highest BCUT2D eigenvalue weighted by Crippen LogP contribution is 2.24. The van der Waals surface area contributed by atoms with Crippen molar-refractivity contribution in [1.82, 2.24) is 9.62 Å². The van der Waals surface area contributed by atoms with E-state index in [0.29, 0.717) is 36.4 Å². The van der Waals surface area contributed by atoms with Gasteiger partial charge in [0, 0.05) is 25.2 Å². The van der Waals surface area contributed by atoms with Crippen molar-refractivity contribution in [3.8, 4) is 0 Å². The maximum absolute atomic E-state index is 13.0. The second-order valence-electron chi connectivity index (χ2n) is 7.34. The van der Waals surface area contributed by atoms with Crippen molar-refractivity contribution >= 4 is 27.5 Å². The van der Waals surface area contributed by atoms with Crippen molar-refractivity contribution in [3.63, 3.8) is 0 Å². The van der Waals surface area contributed by atoms with E-state index in [1.165, 1.54) is 16.4 Å². The number of hydrogen-bond donors (Lipinski definition) is 2. The molecule has 0 bridgehead atoms. The number of nitrogens with one attached hydrogen (secondary N) is 2. The second kappa shape index (κ2) is 9.40. The van der Waals surface area contributed by atoms with Crippen LogP contribution >= 0.6 is 0 Å². The maximum atomic E-state index is 13.0. The summed E-state index contributed by atoms with van der Waals surface area (Å²) in [5, 5.41) is 5.56. The molecule has 1 heterocycles. The van der Waals surface area contributed by atoms with Gasteiger partial charge in [-0.15, -0.1) is 0 Å². The molecule has 8 heteroatoms. The van der Waals surface area contributed by atoms with E-state index >= 15 is 0 Å². The number of carbonyl (C=O) groups is 2. The molecule has 2 amide bonds. The summed E-state index contributed by atoms with van der Waals surface area (Å²) in [5.41, 5.74) is 1.65. The summed E-state index contributed by atoms with van der Waals surface area (Å²) >= 11 is 0. The molecule has 160 valence electrons. The standard InChI is InChI=1S/C22H27N3O4S/c1-3-12-23-21(26)18-8-4-5-9-20(18)24-22(27)19-15-17(11-10-16(19)2)30(28,29)25-13-6-7-14-25/h4-5,8-11,15H,3,6-7,12-14H2,1-2H3,(H,23,26)(H,24,27). The molecule has 7 nitrogen and oxygen atoms in total. The minimum absolute atomic E-state index is 0.106. The Morgan fingerprint density at radius 2 is 1.70 bits per heavy atom. The van der Waals surface area contributed by atoms with Crippen LogP contribution in [0, 0.1) is 6.92 Å². The van der Waals surface area contributed by atoms with Gasteiger partial charge in [-0.1, -0.05) is 25.1 Å². The molecule has 0 radical (unpaired) electrons. The van der Waals surface area contributed by atoms with Crippen LogP contribution in [0.2, 0.25) is 0 Å². The zero-order valence-electron chi connectivity index (χ0n) is 17.3. The minimum Gasteiger partial charge on any atom is -0.352 e. The van der Waals surface area contributed by atoms with Crippen molar-refractivity contribution < 1.29 is 18.0 Å². The molecule has 0 saturated carbocycles. The van der Waals surface area contributed by atoms with E-state index < -0.39 is 15.9 Å². The van der Waals surface area contributed by atoms with Crippen LogP contribution in [0.4, 0.5) is 5.69 Å². The summed E-state index contributed by atoms with van der Waals surface area (Å²) in [4.78, 5) is 25.5. The van der Waals surface area contributed by atoms with Gasteiger partial charge in [0.05, 0.1) is 16.1 Å². The van der Waals surface area contributed by atoms with E-state index in [1.54, 1.807) is 37.3 Å². The van der Waals surface area contributed by atoms with Gasteiger partial charge in [0.1, 0.15) is 0 Å². The van der Waals surface area contributed by atoms with Crippen LogP contribution in [0.3, 0.4) is 0 Å². The first-order valence-corrected chi connectivity index (χ1v) is 11.6. The van der Waals surface area contributed by atoms with Crippen molar-refractivity contribution in [2.45, 2.75) is 38.0 Å².